The van der Waals surface area contributed by atoms with Crippen LogP contribution in [-0.2, 0) is 4.79 Å². The van der Waals surface area contributed by atoms with E-state index in [0.29, 0.717) is 11.3 Å². The van der Waals surface area contributed by atoms with Gasteiger partial charge in [0.2, 0.25) is 5.91 Å². The standard InChI is InChI=1S/C12H10F3NO/c1-2-9-4-3-5-10(8-9)16-11(17)6-7-12(13,14)15/h1,3-5,8H,6-7H2,(H,16,17). The minimum atomic E-state index is -4.32. The molecule has 0 unspecified atom stereocenters. The Kier molecular flexibility index (Phi) is 4.16. The van der Waals surface area contributed by atoms with Crippen LogP contribution in [0.2, 0.25) is 0 Å². The quantitative estimate of drug-likeness (QED) is 0.810. The van der Waals surface area contributed by atoms with Gasteiger partial charge in [0.1, 0.15) is 0 Å². The van der Waals surface area contributed by atoms with Crippen molar-refractivity contribution in [1.29, 1.82) is 0 Å². The average molecular weight is 241 g/mol. The Morgan fingerprint density at radius 2 is 2.12 bits per heavy atom. The number of rotatable bonds is 3. The van der Waals surface area contributed by atoms with Crippen LogP contribution in [-0.4, -0.2) is 12.1 Å². The minimum Gasteiger partial charge on any atom is -0.326 e. The van der Waals surface area contributed by atoms with Crippen molar-refractivity contribution in [3.05, 3.63) is 29.8 Å². The Hall–Kier alpha value is -1.96. The fourth-order valence-electron chi connectivity index (χ4n) is 1.17. The Morgan fingerprint density at radius 1 is 1.41 bits per heavy atom. The molecule has 0 bridgehead atoms. The lowest BCUT2D eigenvalue weighted by Crippen LogP contribution is -2.16. The first-order chi connectivity index (χ1) is 7.90. The Morgan fingerprint density at radius 3 is 2.71 bits per heavy atom. The number of terminal acetylenes is 1. The first-order valence-electron chi connectivity index (χ1n) is 4.84. The van der Waals surface area contributed by atoms with E-state index in [2.05, 4.69) is 11.2 Å². The second-order valence-electron chi connectivity index (χ2n) is 3.39. The highest BCUT2D eigenvalue weighted by Crippen LogP contribution is 2.21. The summed E-state index contributed by atoms with van der Waals surface area (Å²) in [4.78, 5) is 11.2. The number of alkyl halides is 3. The molecule has 5 heteroatoms. The molecule has 0 saturated heterocycles. The zero-order valence-corrected chi connectivity index (χ0v) is 8.84. The third-order valence-electron chi connectivity index (χ3n) is 1.95. The molecule has 0 heterocycles. The molecule has 0 aromatic heterocycles. The van der Waals surface area contributed by atoms with Gasteiger partial charge in [-0.15, -0.1) is 6.42 Å². The summed E-state index contributed by atoms with van der Waals surface area (Å²) in [7, 11) is 0. The van der Waals surface area contributed by atoms with Gasteiger partial charge in [-0.1, -0.05) is 12.0 Å². The maximum Gasteiger partial charge on any atom is 0.389 e. The Balaban J connectivity index is 2.54. The van der Waals surface area contributed by atoms with Gasteiger partial charge in [-0.25, -0.2) is 0 Å². The van der Waals surface area contributed by atoms with Crippen LogP contribution in [0.25, 0.3) is 0 Å². The lowest BCUT2D eigenvalue weighted by Gasteiger charge is -2.07. The van der Waals surface area contributed by atoms with Gasteiger partial charge in [-0.2, -0.15) is 13.2 Å². The van der Waals surface area contributed by atoms with E-state index in [1.54, 1.807) is 18.2 Å². The first-order valence-corrected chi connectivity index (χ1v) is 4.84. The summed E-state index contributed by atoms with van der Waals surface area (Å²) in [5, 5.41) is 2.35. The summed E-state index contributed by atoms with van der Waals surface area (Å²) >= 11 is 0. The van der Waals surface area contributed by atoms with Crippen molar-refractivity contribution in [3.8, 4) is 12.3 Å². The molecule has 1 rings (SSSR count). The number of anilines is 1. The third-order valence-corrected chi connectivity index (χ3v) is 1.95. The highest BCUT2D eigenvalue weighted by Gasteiger charge is 2.27. The minimum absolute atomic E-state index is 0.396. The first kappa shape index (κ1) is 13.1. The van der Waals surface area contributed by atoms with Crippen molar-refractivity contribution in [2.24, 2.45) is 0 Å². The Bertz CT molecular complexity index is 446. The fourth-order valence-corrected chi connectivity index (χ4v) is 1.17. The van der Waals surface area contributed by atoms with E-state index >= 15 is 0 Å². The van der Waals surface area contributed by atoms with Gasteiger partial charge in [0.25, 0.3) is 0 Å². The number of amides is 1. The predicted octanol–water partition coefficient (Wildman–Crippen LogP) is 2.95. The van der Waals surface area contributed by atoms with Gasteiger partial charge in [0.05, 0.1) is 6.42 Å². The van der Waals surface area contributed by atoms with Crippen molar-refractivity contribution in [1.82, 2.24) is 0 Å². The van der Waals surface area contributed by atoms with E-state index in [9.17, 15) is 18.0 Å². The fraction of sp³-hybridized carbons (Fsp3) is 0.250. The smallest absolute Gasteiger partial charge is 0.326 e. The molecule has 90 valence electrons. The summed E-state index contributed by atoms with van der Waals surface area (Å²) in [6.45, 7) is 0. The molecule has 0 atom stereocenters. The van der Waals surface area contributed by atoms with Crippen molar-refractivity contribution < 1.29 is 18.0 Å². The number of hydrogen-bond acceptors (Lipinski definition) is 1. The highest BCUT2D eigenvalue weighted by molar-refractivity contribution is 5.90. The van der Waals surface area contributed by atoms with Gasteiger partial charge < -0.3 is 5.32 Å². The van der Waals surface area contributed by atoms with Crippen LogP contribution in [0.3, 0.4) is 0 Å². The molecule has 0 fully saturated rings. The predicted molar refractivity (Wildman–Crippen MR) is 58.3 cm³/mol. The molecule has 0 aliphatic rings. The van der Waals surface area contributed by atoms with E-state index in [1.165, 1.54) is 6.07 Å². The Labute approximate surface area is 96.8 Å². The number of nitrogens with one attached hydrogen (secondary N) is 1. The average Bonchev–Trinajstić information content (AvgIpc) is 2.26. The molecule has 2 nitrogen and oxygen atoms in total. The number of benzene rings is 1. The van der Waals surface area contributed by atoms with Crippen molar-refractivity contribution >= 4 is 11.6 Å². The number of halogens is 3. The molecule has 17 heavy (non-hydrogen) atoms. The van der Waals surface area contributed by atoms with E-state index in [1.807, 2.05) is 0 Å². The molecule has 0 radical (unpaired) electrons. The second-order valence-corrected chi connectivity index (χ2v) is 3.39. The molecule has 1 N–H and O–H groups in total. The highest BCUT2D eigenvalue weighted by atomic mass is 19.4. The van der Waals surface area contributed by atoms with E-state index in [4.69, 9.17) is 6.42 Å². The summed E-state index contributed by atoms with van der Waals surface area (Å²) in [5.41, 5.74) is 0.950. The zero-order valence-electron chi connectivity index (χ0n) is 8.84. The topological polar surface area (TPSA) is 29.1 Å². The maximum absolute atomic E-state index is 11.9. The van der Waals surface area contributed by atoms with Gasteiger partial charge in [-0.3, -0.25) is 4.79 Å². The van der Waals surface area contributed by atoms with Gasteiger partial charge >= 0.3 is 6.18 Å². The normalized spacial score (nSPS) is 10.7. The SMILES string of the molecule is C#Cc1cccc(NC(=O)CCC(F)(F)F)c1. The lowest BCUT2D eigenvalue weighted by atomic mass is 10.2. The number of carbonyl (C=O) groups is 1. The second kappa shape index (κ2) is 5.39. The van der Waals surface area contributed by atoms with Crippen molar-refractivity contribution in [2.75, 3.05) is 5.32 Å². The number of carbonyl (C=O) groups excluding carboxylic acids is 1. The van der Waals surface area contributed by atoms with Crippen molar-refractivity contribution in [3.63, 3.8) is 0 Å². The van der Waals surface area contributed by atoms with E-state index in [-0.39, 0.29) is 0 Å². The summed E-state index contributed by atoms with van der Waals surface area (Å²) < 4.78 is 35.6. The van der Waals surface area contributed by atoms with Crippen LogP contribution >= 0.6 is 0 Å². The molecule has 0 aliphatic heterocycles. The molecule has 0 saturated carbocycles. The molecular weight excluding hydrogens is 231 g/mol. The molecule has 1 amide bonds. The van der Waals surface area contributed by atoms with Crippen LogP contribution in [0.1, 0.15) is 18.4 Å². The van der Waals surface area contributed by atoms with Crippen molar-refractivity contribution in [2.45, 2.75) is 19.0 Å². The monoisotopic (exact) mass is 241 g/mol. The molecule has 1 aromatic rings. The van der Waals surface area contributed by atoms with Gasteiger partial charge in [0, 0.05) is 17.7 Å². The van der Waals surface area contributed by atoms with Crippen LogP contribution in [0.5, 0.6) is 0 Å². The summed E-state index contributed by atoms with van der Waals surface area (Å²) in [6, 6.07) is 6.36. The summed E-state index contributed by atoms with van der Waals surface area (Å²) in [5.74, 6) is 1.68. The lowest BCUT2D eigenvalue weighted by molar-refractivity contribution is -0.142. The van der Waals surface area contributed by atoms with E-state index in [0.717, 1.165) is 0 Å². The number of hydrogen-bond donors (Lipinski definition) is 1. The maximum atomic E-state index is 11.9. The molecule has 0 spiro atoms. The van der Waals surface area contributed by atoms with Gasteiger partial charge in [-0.05, 0) is 18.2 Å². The molecule has 0 aliphatic carbocycles. The van der Waals surface area contributed by atoms with Crippen LogP contribution < -0.4 is 5.32 Å². The van der Waals surface area contributed by atoms with Crippen LogP contribution in [0, 0.1) is 12.3 Å². The van der Waals surface area contributed by atoms with Gasteiger partial charge in [0.15, 0.2) is 0 Å². The third kappa shape index (κ3) is 5.07. The van der Waals surface area contributed by atoms with Crippen LogP contribution in [0.4, 0.5) is 18.9 Å². The zero-order chi connectivity index (χ0) is 12.9. The molecule has 1 aromatic carbocycles. The molecular formula is C12H10F3NO. The largest absolute Gasteiger partial charge is 0.389 e. The summed E-state index contributed by atoms with van der Waals surface area (Å²) in [6.07, 6.45) is -0.892. The van der Waals surface area contributed by atoms with Crippen LogP contribution in [0.15, 0.2) is 24.3 Å². The van der Waals surface area contributed by atoms with E-state index < -0.39 is 24.9 Å².